The Balaban J connectivity index is 1.87. The summed E-state index contributed by atoms with van der Waals surface area (Å²) in [6.07, 6.45) is 3.86. The van der Waals surface area contributed by atoms with Crippen LogP contribution in [0, 0.1) is 0 Å². The zero-order valence-electron chi connectivity index (χ0n) is 12.7. The van der Waals surface area contributed by atoms with Crippen LogP contribution in [0.15, 0.2) is 22.7 Å². The lowest BCUT2D eigenvalue weighted by atomic mass is 10.1. The lowest BCUT2D eigenvalue weighted by Gasteiger charge is -2.32. The first kappa shape index (κ1) is 16.3. The lowest BCUT2D eigenvalue weighted by Crippen LogP contribution is -2.44. The van der Waals surface area contributed by atoms with Crippen LogP contribution in [0.5, 0.6) is 5.75 Å². The Morgan fingerprint density at radius 1 is 1.38 bits per heavy atom. The first-order valence-corrected chi connectivity index (χ1v) is 8.27. The molecule has 5 heteroatoms. The van der Waals surface area contributed by atoms with E-state index < -0.39 is 0 Å². The third-order valence-electron chi connectivity index (χ3n) is 3.99. The molecule has 0 spiro atoms. The van der Waals surface area contributed by atoms with Gasteiger partial charge in [-0.15, -0.1) is 0 Å². The molecule has 1 aromatic carbocycles. The Morgan fingerprint density at radius 2 is 2.10 bits per heavy atom. The summed E-state index contributed by atoms with van der Waals surface area (Å²) in [6, 6.07) is 5.76. The fourth-order valence-corrected chi connectivity index (χ4v) is 3.18. The number of halogens is 1. The summed E-state index contributed by atoms with van der Waals surface area (Å²) in [5.74, 6) is 0.690. The molecule has 1 unspecified atom stereocenters. The van der Waals surface area contributed by atoms with E-state index in [1.165, 1.54) is 19.3 Å². The Morgan fingerprint density at radius 3 is 2.71 bits per heavy atom. The third-order valence-corrected chi connectivity index (χ3v) is 4.61. The number of hydrogen-bond donors (Lipinski definition) is 1. The molecular formula is C16H23BrN2O2. The molecule has 0 aromatic heterocycles. The summed E-state index contributed by atoms with van der Waals surface area (Å²) >= 11 is 3.40. The van der Waals surface area contributed by atoms with Gasteiger partial charge in [0.15, 0.2) is 0 Å². The van der Waals surface area contributed by atoms with E-state index in [1.807, 2.05) is 0 Å². The average Bonchev–Trinajstić information content (AvgIpc) is 2.53. The predicted molar refractivity (Wildman–Crippen MR) is 87.9 cm³/mol. The second-order valence-corrected chi connectivity index (χ2v) is 6.36. The van der Waals surface area contributed by atoms with Crippen LogP contribution < -0.4 is 10.1 Å². The molecule has 1 N–H and O–H groups in total. The van der Waals surface area contributed by atoms with Crippen molar-refractivity contribution in [1.29, 1.82) is 0 Å². The highest BCUT2D eigenvalue weighted by Crippen LogP contribution is 2.25. The van der Waals surface area contributed by atoms with Crippen molar-refractivity contribution in [2.24, 2.45) is 0 Å². The Bertz CT molecular complexity index is 487. The van der Waals surface area contributed by atoms with E-state index in [0.29, 0.717) is 18.2 Å². The van der Waals surface area contributed by atoms with Crippen LogP contribution in [-0.4, -0.2) is 43.6 Å². The highest BCUT2D eigenvalue weighted by atomic mass is 79.9. The number of piperidine rings is 1. The van der Waals surface area contributed by atoms with E-state index >= 15 is 0 Å². The summed E-state index contributed by atoms with van der Waals surface area (Å²) in [5.41, 5.74) is 0.647. The van der Waals surface area contributed by atoms with E-state index in [4.69, 9.17) is 4.74 Å². The molecule has 1 aliphatic heterocycles. The van der Waals surface area contributed by atoms with E-state index in [-0.39, 0.29) is 5.91 Å². The van der Waals surface area contributed by atoms with E-state index in [9.17, 15) is 4.79 Å². The maximum absolute atomic E-state index is 12.2. The van der Waals surface area contributed by atoms with Crippen molar-refractivity contribution in [3.05, 3.63) is 28.2 Å². The van der Waals surface area contributed by atoms with Gasteiger partial charge in [0, 0.05) is 18.2 Å². The van der Waals surface area contributed by atoms with Crippen LogP contribution >= 0.6 is 15.9 Å². The summed E-state index contributed by atoms with van der Waals surface area (Å²) in [6.45, 7) is 5.15. The van der Waals surface area contributed by atoms with Gasteiger partial charge in [0.2, 0.25) is 0 Å². The fraction of sp³-hybridized carbons (Fsp3) is 0.562. The monoisotopic (exact) mass is 354 g/mol. The second-order valence-electron chi connectivity index (χ2n) is 5.51. The predicted octanol–water partition coefficient (Wildman–Crippen LogP) is 3.06. The first-order chi connectivity index (χ1) is 10.1. The molecule has 2 rings (SSSR count). The van der Waals surface area contributed by atoms with Crippen molar-refractivity contribution >= 4 is 21.8 Å². The largest absolute Gasteiger partial charge is 0.496 e. The highest BCUT2D eigenvalue weighted by Gasteiger charge is 2.17. The smallest absolute Gasteiger partial charge is 0.251 e. The SMILES string of the molecule is COc1ccc(C(=O)NCC(C)N2CCCCC2)cc1Br. The van der Waals surface area contributed by atoms with Crippen LogP contribution in [0.25, 0.3) is 0 Å². The van der Waals surface area contributed by atoms with Crippen molar-refractivity contribution in [1.82, 2.24) is 10.2 Å². The molecule has 116 valence electrons. The number of carbonyl (C=O) groups is 1. The standard InChI is InChI=1S/C16H23BrN2O2/c1-12(19-8-4-3-5-9-19)11-18-16(20)13-6-7-15(21-2)14(17)10-13/h6-7,10,12H,3-5,8-9,11H2,1-2H3,(H,18,20). The normalized spacial score (nSPS) is 17.3. The van der Waals surface area contributed by atoms with Gasteiger partial charge in [0.25, 0.3) is 5.91 Å². The van der Waals surface area contributed by atoms with E-state index in [1.54, 1.807) is 25.3 Å². The number of methoxy groups -OCH3 is 1. The summed E-state index contributed by atoms with van der Waals surface area (Å²) in [4.78, 5) is 14.6. The molecule has 21 heavy (non-hydrogen) atoms. The minimum Gasteiger partial charge on any atom is -0.496 e. The van der Waals surface area contributed by atoms with Gasteiger partial charge in [-0.1, -0.05) is 6.42 Å². The third kappa shape index (κ3) is 4.45. The van der Waals surface area contributed by atoms with Gasteiger partial charge in [-0.3, -0.25) is 9.69 Å². The number of amides is 1. The molecule has 1 aliphatic rings. The maximum Gasteiger partial charge on any atom is 0.251 e. The first-order valence-electron chi connectivity index (χ1n) is 7.47. The van der Waals surface area contributed by atoms with Crippen molar-refractivity contribution < 1.29 is 9.53 Å². The van der Waals surface area contributed by atoms with Gasteiger partial charge in [0.1, 0.15) is 5.75 Å². The molecule has 1 amide bonds. The number of likely N-dealkylation sites (tertiary alicyclic amines) is 1. The molecule has 0 saturated carbocycles. The minimum absolute atomic E-state index is 0.0396. The summed E-state index contributed by atoms with van der Waals surface area (Å²) in [5, 5.41) is 3.02. The van der Waals surface area contributed by atoms with Gasteiger partial charge in [-0.2, -0.15) is 0 Å². The minimum atomic E-state index is -0.0396. The fourth-order valence-electron chi connectivity index (χ4n) is 2.64. The molecule has 0 aliphatic carbocycles. The van der Waals surface area contributed by atoms with Gasteiger partial charge < -0.3 is 10.1 Å². The average molecular weight is 355 g/mol. The molecule has 1 saturated heterocycles. The van der Waals surface area contributed by atoms with Gasteiger partial charge in [0.05, 0.1) is 11.6 Å². The van der Waals surface area contributed by atoms with Crippen LogP contribution in [0.3, 0.4) is 0 Å². The van der Waals surface area contributed by atoms with Crippen molar-refractivity contribution in [3.8, 4) is 5.75 Å². The molecule has 1 atom stereocenters. The molecule has 1 aromatic rings. The van der Waals surface area contributed by atoms with E-state index in [2.05, 4.69) is 33.1 Å². The zero-order chi connectivity index (χ0) is 15.2. The second kappa shape index (κ2) is 7.80. The number of nitrogens with zero attached hydrogens (tertiary/aromatic N) is 1. The van der Waals surface area contributed by atoms with Gasteiger partial charge in [-0.25, -0.2) is 0 Å². The molecule has 1 fully saturated rings. The molecule has 0 radical (unpaired) electrons. The molecule has 0 bridgehead atoms. The van der Waals surface area contributed by atoms with Gasteiger partial charge in [-0.05, 0) is 67.0 Å². The van der Waals surface area contributed by atoms with Crippen LogP contribution in [-0.2, 0) is 0 Å². The Kier molecular flexibility index (Phi) is 6.06. The summed E-state index contributed by atoms with van der Waals surface area (Å²) in [7, 11) is 1.61. The number of rotatable bonds is 5. The Labute approximate surface area is 135 Å². The number of ether oxygens (including phenoxy) is 1. The maximum atomic E-state index is 12.2. The van der Waals surface area contributed by atoms with Crippen molar-refractivity contribution in [2.75, 3.05) is 26.7 Å². The van der Waals surface area contributed by atoms with Crippen molar-refractivity contribution in [3.63, 3.8) is 0 Å². The van der Waals surface area contributed by atoms with Crippen LogP contribution in [0.2, 0.25) is 0 Å². The lowest BCUT2D eigenvalue weighted by molar-refractivity contribution is 0.0930. The van der Waals surface area contributed by atoms with E-state index in [0.717, 1.165) is 23.3 Å². The number of carbonyl (C=O) groups excluding carboxylic acids is 1. The Hall–Kier alpha value is -1.07. The number of hydrogen-bond acceptors (Lipinski definition) is 3. The highest BCUT2D eigenvalue weighted by molar-refractivity contribution is 9.10. The topological polar surface area (TPSA) is 41.6 Å². The van der Waals surface area contributed by atoms with Crippen LogP contribution in [0.1, 0.15) is 36.5 Å². The molecule has 4 nitrogen and oxygen atoms in total. The van der Waals surface area contributed by atoms with Crippen LogP contribution in [0.4, 0.5) is 0 Å². The summed E-state index contributed by atoms with van der Waals surface area (Å²) < 4.78 is 5.97. The van der Waals surface area contributed by atoms with Crippen molar-refractivity contribution in [2.45, 2.75) is 32.2 Å². The number of nitrogens with one attached hydrogen (secondary N) is 1. The van der Waals surface area contributed by atoms with Gasteiger partial charge >= 0.3 is 0 Å². The molecular weight excluding hydrogens is 332 g/mol. The molecule has 1 heterocycles. The quantitative estimate of drug-likeness (QED) is 0.883. The zero-order valence-corrected chi connectivity index (χ0v) is 14.3. The number of benzene rings is 1.